The number of carbonyl (C=O) groups excluding carboxylic acids is 2. The van der Waals surface area contributed by atoms with E-state index in [1.54, 1.807) is 0 Å². The van der Waals surface area contributed by atoms with Gasteiger partial charge in [-0.05, 0) is 51.4 Å². The number of rotatable bonds is 55. The molecule has 0 fully saturated rings. The molecule has 0 aliphatic heterocycles. The predicted molar refractivity (Wildman–Crippen MR) is 283 cm³/mol. The summed E-state index contributed by atoms with van der Waals surface area (Å²) < 4.78 is 5.48. The van der Waals surface area contributed by atoms with Crippen LogP contribution in [0.25, 0.3) is 0 Å². The molecule has 0 spiro atoms. The zero-order chi connectivity index (χ0) is 47.2. The van der Waals surface area contributed by atoms with Gasteiger partial charge >= 0.3 is 5.97 Å². The Kier molecular flexibility index (Phi) is 54.0. The highest BCUT2D eigenvalue weighted by Crippen LogP contribution is 2.17. The van der Waals surface area contributed by atoms with E-state index in [9.17, 15) is 19.8 Å². The molecule has 0 aromatic heterocycles. The standard InChI is InChI=1S/C59H115NO5/c1-3-5-7-9-11-13-15-29-33-37-41-45-49-53-59(64)65-54-50-46-42-38-34-31-28-26-24-22-20-18-16-17-19-21-23-25-27-30-32-36-40-44-48-52-58(63)60-56(55-61)57(62)51-47-43-39-35-14-12-10-8-6-4-2/h17,19,56-57,61-62H,3-16,18,20-55H2,1-2H3,(H,60,63)/b19-17-. The number of esters is 1. The maximum Gasteiger partial charge on any atom is 0.305 e. The fourth-order valence-corrected chi connectivity index (χ4v) is 9.28. The highest BCUT2D eigenvalue weighted by atomic mass is 16.5. The third kappa shape index (κ3) is 51.8. The molecule has 0 aliphatic carbocycles. The number of hydrogen-bond acceptors (Lipinski definition) is 5. The topological polar surface area (TPSA) is 95.9 Å². The zero-order valence-electron chi connectivity index (χ0n) is 44.0. The van der Waals surface area contributed by atoms with Crippen LogP contribution in [0.5, 0.6) is 0 Å². The Morgan fingerprint density at radius 1 is 0.415 bits per heavy atom. The number of ether oxygens (including phenoxy) is 1. The Labute approximate surface area is 406 Å². The SMILES string of the molecule is CCCCCCCCCCCCCCCC(=O)OCCCCCCCCCCCCCC/C=C\CCCCCCCCCCCC(=O)NC(CO)C(O)CCCCCCCCCCCC. The van der Waals surface area contributed by atoms with Crippen LogP contribution in [-0.2, 0) is 14.3 Å². The van der Waals surface area contributed by atoms with Gasteiger partial charge in [0.1, 0.15) is 0 Å². The van der Waals surface area contributed by atoms with E-state index in [0.29, 0.717) is 25.9 Å². The van der Waals surface area contributed by atoms with Gasteiger partial charge in [-0.15, -0.1) is 0 Å². The highest BCUT2D eigenvalue weighted by Gasteiger charge is 2.20. The minimum Gasteiger partial charge on any atom is -0.466 e. The molecular weight excluding hydrogens is 803 g/mol. The van der Waals surface area contributed by atoms with Crippen molar-refractivity contribution in [2.45, 2.75) is 341 Å². The Bertz CT molecular complexity index is 970. The third-order valence-electron chi connectivity index (χ3n) is 13.8. The van der Waals surface area contributed by atoms with Gasteiger partial charge < -0.3 is 20.3 Å². The molecule has 0 radical (unpaired) electrons. The summed E-state index contributed by atoms with van der Waals surface area (Å²) in [5, 5.41) is 23.1. The van der Waals surface area contributed by atoms with Gasteiger partial charge in [0, 0.05) is 12.8 Å². The lowest BCUT2D eigenvalue weighted by Crippen LogP contribution is -2.45. The number of nitrogens with one attached hydrogen (secondary N) is 1. The Hall–Kier alpha value is -1.40. The number of carbonyl (C=O) groups is 2. The van der Waals surface area contributed by atoms with Crippen molar-refractivity contribution in [1.29, 1.82) is 0 Å². The van der Waals surface area contributed by atoms with Gasteiger partial charge in [0.25, 0.3) is 0 Å². The predicted octanol–water partition coefficient (Wildman–Crippen LogP) is 18.1. The van der Waals surface area contributed by atoms with Crippen LogP contribution >= 0.6 is 0 Å². The molecule has 6 nitrogen and oxygen atoms in total. The molecule has 0 aliphatic rings. The van der Waals surface area contributed by atoms with Gasteiger partial charge in [0.05, 0.1) is 25.4 Å². The number of aliphatic hydroxyl groups excluding tert-OH is 2. The molecule has 0 heterocycles. The van der Waals surface area contributed by atoms with Gasteiger partial charge in [-0.25, -0.2) is 0 Å². The van der Waals surface area contributed by atoms with E-state index < -0.39 is 12.1 Å². The molecule has 65 heavy (non-hydrogen) atoms. The normalized spacial score (nSPS) is 12.6. The monoisotopic (exact) mass is 918 g/mol. The van der Waals surface area contributed by atoms with Gasteiger partial charge in [-0.1, -0.05) is 276 Å². The maximum absolute atomic E-state index is 12.4. The van der Waals surface area contributed by atoms with Crippen molar-refractivity contribution in [3.05, 3.63) is 12.2 Å². The molecule has 0 saturated carbocycles. The molecule has 3 N–H and O–H groups in total. The molecule has 0 rings (SSSR count). The first-order chi connectivity index (χ1) is 32.0. The molecule has 1 amide bonds. The summed E-state index contributed by atoms with van der Waals surface area (Å²) in [5.74, 6) is -0.0233. The van der Waals surface area contributed by atoms with Crippen LogP contribution in [0.4, 0.5) is 0 Å². The number of allylic oxidation sites excluding steroid dienone is 2. The van der Waals surface area contributed by atoms with E-state index in [0.717, 1.165) is 38.5 Å². The van der Waals surface area contributed by atoms with Crippen LogP contribution < -0.4 is 5.32 Å². The lowest BCUT2D eigenvalue weighted by molar-refractivity contribution is -0.143. The zero-order valence-corrected chi connectivity index (χ0v) is 44.0. The second-order valence-corrected chi connectivity index (χ2v) is 20.3. The average molecular weight is 919 g/mol. The van der Waals surface area contributed by atoms with E-state index >= 15 is 0 Å². The minimum atomic E-state index is -0.663. The largest absolute Gasteiger partial charge is 0.466 e. The van der Waals surface area contributed by atoms with Gasteiger partial charge in [0.15, 0.2) is 0 Å². The first kappa shape index (κ1) is 63.6. The van der Waals surface area contributed by atoms with Crippen LogP contribution in [0.3, 0.4) is 0 Å². The van der Waals surface area contributed by atoms with Gasteiger partial charge in [0.2, 0.25) is 5.91 Å². The Balaban J connectivity index is 3.36. The molecule has 2 atom stereocenters. The summed E-state index contributed by atoms with van der Waals surface area (Å²) in [6.45, 7) is 4.95. The lowest BCUT2D eigenvalue weighted by Gasteiger charge is -2.22. The maximum atomic E-state index is 12.4. The van der Waals surface area contributed by atoms with E-state index in [4.69, 9.17) is 4.74 Å². The minimum absolute atomic E-state index is 0.0153. The molecular formula is C59H115NO5. The summed E-state index contributed by atoms with van der Waals surface area (Å²) >= 11 is 0. The molecule has 0 saturated heterocycles. The molecule has 0 aromatic carbocycles. The Morgan fingerprint density at radius 3 is 1.09 bits per heavy atom. The van der Waals surface area contributed by atoms with Crippen LogP contribution in [0.15, 0.2) is 12.2 Å². The number of aliphatic hydroxyl groups is 2. The highest BCUT2D eigenvalue weighted by molar-refractivity contribution is 5.76. The summed E-state index contributed by atoms with van der Waals surface area (Å²) in [7, 11) is 0. The van der Waals surface area contributed by atoms with E-state index in [-0.39, 0.29) is 18.5 Å². The second kappa shape index (κ2) is 55.2. The van der Waals surface area contributed by atoms with Crippen molar-refractivity contribution in [2.24, 2.45) is 0 Å². The summed E-state index contributed by atoms with van der Waals surface area (Å²) in [6, 6.07) is -0.541. The first-order valence-corrected chi connectivity index (χ1v) is 29.4. The van der Waals surface area contributed by atoms with Crippen molar-refractivity contribution in [2.75, 3.05) is 13.2 Å². The van der Waals surface area contributed by atoms with Crippen molar-refractivity contribution in [1.82, 2.24) is 5.32 Å². The van der Waals surface area contributed by atoms with Gasteiger partial charge in [-0.3, -0.25) is 9.59 Å². The quantitative estimate of drug-likeness (QED) is 0.0321. The van der Waals surface area contributed by atoms with Crippen LogP contribution in [-0.4, -0.2) is 47.4 Å². The van der Waals surface area contributed by atoms with Crippen LogP contribution in [0, 0.1) is 0 Å². The lowest BCUT2D eigenvalue weighted by atomic mass is 10.0. The van der Waals surface area contributed by atoms with Crippen molar-refractivity contribution < 1.29 is 24.5 Å². The molecule has 0 bridgehead atoms. The van der Waals surface area contributed by atoms with Crippen molar-refractivity contribution >= 4 is 11.9 Å². The van der Waals surface area contributed by atoms with Crippen molar-refractivity contribution in [3.63, 3.8) is 0 Å². The number of hydrogen-bond donors (Lipinski definition) is 3. The number of unbranched alkanes of at least 4 members (excludes halogenated alkanes) is 42. The third-order valence-corrected chi connectivity index (χ3v) is 13.8. The summed E-state index contributed by atoms with van der Waals surface area (Å²) in [6.07, 6.45) is 65.1. The van der Waals surface area contributed by atoms with Crippen LogP contribution in [0.2, 0.25) is 0 Å². The fourth-order valence-electron chi connectivity index (χ4n) is 9.28. The summed E-state index contributed by atoms with van der Waals surface area (Å²) in [5.41, 5.74) is 0. The molecule has 386 valence electrons. The second-order valence-electron chi connectivity index (χ2n) is 20.3. The van der Waals surface area contributed by atoms with Crippen LogP contribution in [0.1, 0.15) is 328 Å². The first-order valence-electron chi connectivity index (χ1n) is 29.4. The number of amides is 1. The smallest absolute Gasteiger partial charge is 0.305 e. The fraction of sp³-hybridized carbons (Fsp3) is 0.932. The Morgan fingerprint density at radius 2 is 0.723 bits per heavy atom. The van der Waals surface area contributed by atoms with E-state index in [1.807, 2.05) is 0 Å². The van der Waals surface area contributed by atoms with E-state index in [2.05, 4.69) is 31.3 Å². The summed E-state index contributed by atoms with van der Waals surface area (Å²) in [4.78, 5) is 24.4. The van der Waals surface area contributed by atoms with Crippen molar-refractivity contribution in [3.8, 4) is 0 Å². The van der Waals surface area contributed by atoms with Gasteiger partial charge in [-0.2, -0.15) is 0 Å². The molecule has 2 unspecified atom stereocenters. The average Bonchev–Trinajstić information content (AvgIpc) is 3.31. The van der Waals surface area contributed by atoms with E-state index in [1.165, 1.54) is 257 Å². The molecule has 6 heteroatoms. The molecule has 0 aromatic rings.